The lowest BCUT2D eigenvalue weighted by Gasteiger charge is -2.45. The van der Waals surface area contributed by atoms with Crippen molar-refractivity contribution in [3.63, 3.8) is 0 Å². The van der Waals surface area contributed by atoms with E-state index in [0.29, 0.717) is 0 Å². The Bertz CT molecular complexity index is 857. The average Bonchev–Trinajstić information content (AvgIpc) is 2.92. The molecule has 0 aromatic heterocycles. The summed E-state index contributed by atoms with van der Waals surface area (Å²) in [4.78, 5) is 35.5. The van der Waals surface area contributed by atoms with Gasteiger partial charge in [0, 0.05) is 20.8 Å². The standard InChI is InChI=1S/C24H39N3O15/c1-7(28)25-13-19(34)16(31)10-5-38-23-15(27-9(3)30)21(36)18(33)12(42-23)6-39-24-14(26-8(2)29)20(35)17(32)11(41-24)4-37-22(13)40-10/h10-24,31-36H,4-6H2,1-3H3,(H,25,28)(H,26,29)(H,27,30)/t10-,11-,12-,13-,14-,15-,16-,17-,18-,19-,20-,21-,22-,23-,24-/m1/s1. The molecule has 4 heterocycles. The minimum atomic E-state index is -1.63. The van der Waals surface area contributed by atoms with Gasteiger partial charge in [0.1, 0.15) is 73.1 Å². The third-order valence-corrected chi connectivity index (χ3v) is 7.49. The quantitative estimate of drug-likeness (QED) is 0.144. The summed E-state index contributed by atoms with van der Waals surface area (Å²) in [6, 6.07) is -3.85. The Morgan fingerprint density at radius 2 is 0.714 bits per heavy atom. The van der Waals surface area contributed by atoms with Crippen LogP contribution in [0, 0.1) is 0 Å². The largest absolute Gasteiger partial charge is 0.388 e. The predicted molar refractivity (Wildman–Crippen MR) is 133 cm³/mol. The van der Waals surface area contributed by atoms with Crippen molar-refractivity contribution in [2.75, 3.05) is 19.8 Å². The molecule has 240 valence electrons. The van der Waals surface area contributed by atoms with E-state index in [9.17, 15) is 45.0 Å². The maximum atomic E-state index is 11.8. The van der Waals surface area contributed by atoms with Gasteiger partial charge in [-0.3, -0.25) is 14.4 Å². The number of amides is 3. The van der Waals surface area contributed by atoms with Crippen LogP contribution in [-0.2, 0) is 42.8 Å². The monoisotopic (exact) mass is 609 g/mol. The first-order chi connectivity index (χ1) is 19.8. The molecule has 4 fully saturated rings. The summed E-state index contributed by atoms with van der Waals surface area (Å²) in [7, 11) is 0. The van der Waals surface area contributed by atoms with Crippen molar-refractivity contribution in [2.24, 2.45) is 0 Å². The van der Waals surface area contributed by atoms with Crippen LogP contribution in [0.1, 0.15) is 20.8 Å². The van der Waals surface area contributed by atoms with Crippen LogP contribution in [0.3, 0.4) is 0 Å². The van der Waals surface area contributed by atoms with E-state index < -0.39 is 129 Å². The summed E-state index contributed by atoms with van der Waals surface area (Å²) in [5.41, 5.74) is 0. The highest BCUT2D eigenvalue weighted by atomic mass is 16.7. The molecule has 3 amide bonds. The zero-order chi connectivity index (χ0) is 30.9. The molecule has 0 spiro atoms. The summed E-state index contributed by atoms with van der Waals surface area (Å²) in [6.07, 6.45) is -17.9. The van der Waals surface area contributed by atoms with Crippen molar-refractivity contribution in [2.45, 2.75) is 113 Å². The second-order valence-corrected chi connectivity index (χ2v) is 10.8. The third-order valence-electron chi connectivity index (χ3n) is 7.49. The molecule has 4 saturated heterocycles. The topological polar surface area (TPSA) is 264 Å². The Morgan fingerprint density at radius 1 is 0.476 bits per heavy atom. The molecule has 4 rings (SSSR count). The minimum Gasteiger partial charge on any atom is -0.388 e. The van der Waals surface area contributed by atoms with Crippen molar-refractivity contribution < 1.29 is 73.4 Å². The van der Waals surface area contributed by atoms with E-state index in [0.717, 1.165) is 0 Å². The molecule has 15 atom stereocenters. The SMILES string of the molecule is CC(=O)N[C@H]1[C@@H]2OC[C@H]3O[C@@H](OC[C@H]4O[C@@H](OC[C@@H](O2)[C@@H](O)[C@@H]1O)[C@H](NC(C)=O)[C@@H](O)[C@@H]4O)[C@H](NC(C)=O)[C@@H](O)[C@@H]3O. The zero-order valence-corrected chi connectivity index (χ0v) is 23.1. The first-order valence-corrected chi connectivity index (χ1v) is 13.5. The number of aliphatic hydroxyl groups excluding tert-OH is 6. The number of fused-ring (bicyclic) bond motifs is 6. The molecule has 18 nitrogen and oxygen atoms in total. The zero-order valence-electron chi connectivity index (χ0n) is 23.1. The van der Waals surface area contributed by atoms with Crippen molar-refractivity contribution in [1.82, 2.24) is 16.0 Å². The summed E-state index contributed by atoms with van der Waals surface area (Å²) in [5, 5.41) is 72.1. The Labute approximate surface area is 240 Å². The number of nitrogens with one attached hydrogen (secondary N) is 3. The number of hydrogen-bond acceptors (Lipinski definition) is 15. The molecule has 9 N–H and O–H groups in total. The van der Waals surface area contributed by atoms with E-state index in [1.807, 2.05) is 0 Å². The smallest absolute Gasteiger partial charge is 0.217 e. The number of carbonyl (C=O) groups is 3. The normalized spacial score (nSPS) is 46.4. The van der Waals surface area contributed by atoms with Crippen LogP contribution in [-0.4, -0.2) is 160 Å². The molecule has 0 radical (unpaired) electrons. The van der Waals surface area contributed by atoms with Gasteiger partial charge in [0.2, 0.25) is 17.7 Å². The van der Waals surface area contributed by atoms with Crippen molar-refractivity contribution >= 4 is 17.7 Å². The van der Waals surface area contributed by atoms with Crippen LogP contribution >= 0.6 is 0 Å². The lowest BCUT2D eigenvalue weighted by molar-refractivity contribution is -0.304. The van der Waals surface area contributed by atoms with Gasteiger partial charge in [-0.1, -0.05) is 0 Å². The lowest BCUT2D eigenvalue weighted by atomic mass is 9.96. The highest BCUT2D eigenvalue weighted by Gasteiger charge is 2.51. The summed E-state index contributed by atoms with van der Waals surface area (Å²) in [6.45, 7) is 2.10. The van der Waals surface area contributed by atoms with E-state index in [4.69, 9.17) is 28.4 Å². The second-order valence-electron chi connectivity index (χ2n) is 10.8. The molecule has 42 heavy (non-hydrogen) atoms. The van der Waals surface area contributed by atoms with E-state index in [1.165, 1.54) is 20.8 Å². The van der Waals surface area contributed by atoms with Crippen LogP contribution in [0.15, 0.2) is 0 Å². The molecule has 0 aromatic carbocycles. The van der Waals surface area contributed by atoms with E-state index in [2.05, 4.69) is 16.0 Å². The highest BCUT2D eigenvalue weighted by Crippen LogP contribution is 2.30. The van der Waals surface area contributed by atoms with Crippen LogP contribution in [0.25, 0.3) is 0 Å². The molecule has 4 aliphatic heterocycles. The maximum absolute atomic E-state index is 11.8. The fourth-order valence-electron chi connectivity index (χ4n) is 5.37. The lowest BCUT2D eigenvalue weighted by Crippen LogP contribution is -2.66. The minimum absolute atomic E-state index is 0.476. The molecular weight excluding hydrogens is 570 g/mol. The first kappa shape index (κ1) is 32.8. The Balaban J connectivity index is 1.67. The van der Waals surface area contributed by atoms with Crippen LogP contribution in [0.4, 0.5) is 0 Å². The van der Waals surface area contributed by atoms with Crippen LogP contribution < -0.4 is 16.0 Å². The van der Waals surface area contributed by atoms with Gasteiger partial charge in [0.15, 0.2) is 18.9 Å². The van der Waals surface area contributed by atoms with Gasteiger partial charge in [0.05, 0.1) is 19.8 Å². The molecule has 0 aromatic rings. The number of aliphatic hydroxyl groups is 6. The molecular formula is C24H39N3O15. The average molecular weight is 610 g/mol. The highest BCUT2D eigenvalue weighted by molar-refractivity contribution is 5.74. The number of rotatable bonds is 3. The fraction of sp³-hybridized carbons (Fsp3) is 0.875. The van der Waals surface area contributed by atoms with Gasteiger partial charge in [-0.05, 0) is 0 Å². The van der Waals surface area contributed by atoms with Gasteiger partial charge >= 0.3 is 0 Å². The number of hydrogen-bond donors (Lipinski definition) is 9. The molecule has 18 heteroatoms. The second kappa shape index (κ2) is 13.7. The molecule has 0 saturated carbocycles. The van der Waals surface area contributed by atoms with Crippen LogP contribution in [0.5, 0.6) is 0 Å². The van der Waals surface area contributed by atoms with Gasteiger partial charge in [-0.25, -0.2) is 0 Å². The number of carbonyl (C=O) groups excluding carboxylic acids is 3. The molecule has 6 bridgehead atoms. The summed E-state index contributed by atoms with van der Waals surface area (Å²) < 4.78 is 34.8. The van der Waals surface area contributed by atoms with Crippen molar-refractivity contribution in [3.05, 3.63) is 0 Å². The van der Waals surface area contributed by atoms with Gasteiger partial charge in [-0.15, -0.1) is 0 Å². The molecule has 0 unspecified atom stereocenters. The summed E-state index contributed by atoms with van der Waals surface area (Å²) >= 11 is 0. The Morgan fingerprint density at radius 3 is 0.929 bits per heavy atom. The van der Waals surface area contributed by atoms with Crippen LogP contribution in [0.2, 0.25) is 0 Å². The van der Waals surface area contributed by atoms with Gasteiger partial charge in [-0.2, -0.15) is 0 Å². The molecule has 0 aliphatic carbocycles. The third kappa shape index (κ3) is 7.17. The van der Waals surface area contributed by atoms with Crippen molar-refractivity contribution in [1.29, 1.82) is 0 Å². The predicted octanol–water partition coefficient (Wildman–Crippen LogP) is -6.10. The van der Waals surface area contributed by atoms with E-state index in [1.54, 1.807) is 0 Å². The summed E-state index contributed by atoms with van der Waals surface area (Å²) in [5.74, 6) is -1.73. The Kier molecular flexibility index (Phi) is 10.7. The van der Waals surface area contributed by atoms with Gasteiger partial charge in [0.25, 0.3) is 0 Å². The van der Waals surface area contributed by atoms with E-state index in [-0.39, 0.29) is 0 Å². The Hall–Kier alpha value is -2.07. The maximum Gasteiger partial charge on any atom is 0.217 e. The van der Waals surface area contributed by atoms with E-state index >= 15 is 0 Å². The molecule has 4 aliphatic rings. The van der Waals surface area contributed by atoms with Gasteiger partial charge < -0.3 is 75.0 Å². The number of ether oxygens (including phenoxy) is 6. The van der Waals surface area contributed by atoms with Crippen molar-refractivity contribution in [3.8, 4) is 0 Å². The first-order valence-electron chi connectivity index (χ1n) is 13.5. The fourth-order valence-corrected chi connectivity index (χ4v) is 5.37.